The molecular formula is C8H13NO3. The van der Waals surface area contributed by atoms with E-state index in [0.29, 0.717) is 6.54 Å². The predicted octanol–water partition coefficient (Wildman–Crippen LogP) is -1.04. The van der Waals surface area contributed by atoms with Crippen molar-refractivity contribution in [2.75, 3.05) is 13.2 Å². The highest BCUT2D eigenvalue weighted by atomic mass is 16.3. The maximum atomic E-state index is 11.2. The van der Waals surface area contributed by atoms with Crippen LogP contribution < -0.4 is 0 Å². The first-order valence-corrected chi connectivity index (χ1v) is 4.32. The smallest absolute Gasteiger partial charge is 0.225 e. The Labute approximate surface area is 70.8 Å². The molecule has 2 N–H and O–H groups in total. The van der Waals surface area contributed by atoms with E-state index >= 15 is 0 Å². The van der Waals surface area contributed by atoms with Crippen LogP contribution in [0.1, 0.15) is 12.8 Å². The van der Waals surface area contributed by atoms with Crippen LogP contribution in [0.4, 0.5) is 0 Å². The van der Waals surface area contributed by atoms with Crippen LogP contribution in [0.3, 0.4) is 0 Å². The fraction of sp³-hybridized carbons (Fsp3) is 0.875. The second kappa shape index (κ2) is 2.71. The van der Waals surface area contributed by atoms with Crippen LogP contribution in [0.25, 0.3) is 0 Å². The summed E-state index contributed by atoms with van der Waals surface area (Å²) in [6, 6.07) is -0.109. The largest absolute Gasteiger partial charge is 0.396 e. The van der Waals surface area contributed by atoms with Gasteiger partial charge in [-0.2, -0.15) is 0 Å². The molecule has 12 heavy (non-hydrogen) atoms. The van der Waals surface area contributed by atoms with Crippen molar-refractivity contribution in [1.29, 1.82) is 0 Å². The molecule has 2 saturated heterocycles. The fourth-order valence-electron chi connectivity index (χ4n) is 2.31. The van der Waals surface area contributed by atoms with Gasteiger partial charge in [0.05, 0.1) is 18.6 Å². The third-order valence-corrected chi connectivity index (χ3v) is 2.92. The van der Waals surface area contributed by atoms with Crippen LogP contribution in [0.2, 0.25) is 0 Å². The number of hydrogen-bond acceptors (Lipinski definition) is 3. The summed E-state index contributed by atoms with van der Waals surface area (Å²) < 4.78 is 0. The van der Waals surface area contributed by atoms with Gasteiger partial charge < -0.3 is 15.1 Å². The maximum Gasteiger partial charge on any atom is 0.225 e. The number of carbonyl (C=O) groups is 1. The van der Waals surface area contributed by atoms with E-state index in [1.807, 2.05) is 0 Å². The summed E-state index contributed by atoms with van der Waals surface area (Å²) in [6.07, 6.45) is 0.502. The van der Waals surface area contributed by atoms with Crippen molar-refractivity contribution in [3.63, 3.8) is 0 Å². The number of nitrogens with zero attached hydrogens (tertiary/aromatic N) is 1. The molecule has 0 radical (unpaired) electrons. The van der Waals surface area contributed by atoms with Gasteiger partial charge in [0.1, 0.15) is 0 Å². The number of carbonyl (C=O) groups excluding carboxylic acids is 1. The Balaban J connectivity index is 2.17. The van der Waals surface area contributed by atoms with Gasteiger partial charge in [0.15, 0.2) is 0 Å². The Morgan fingerprint density at radius 2 is 2.33 bits per heavy atom. The van der Waals surface area contributed by atoms with Gasteiger partial charge in [0.25, 0.3) is 0 Å². The zero-order valence-corrected chi connectivity index (χ0v) is 6.81. The fourth-order valence-corrected chi connectivity index (χ4v) is 2.31. The van der Waals surface area contributed by atoms with Crippen molar-refractivity contribution in [2.24, 2.45) is 5.92 Å². The van der Waals surface area contributed by atoms with E-state index in [9.17, 15) is 9.90 Å². The van der Waals surface area contributed by atoms with Gasteiger partial charge >= 0.3 is 0 Å². The first kappa shape index (κ1) is 8.01. The number of rotatable bonds is 1. The van der Waals surface area contributed by atoms with Crippen LogP contribution in [-0.2, 0) is 4.79 Å². The van der Waals surface area contributed by atoms with Gasteiger partial charge in [-0.1, -0.05) is 0 Å². The Morgan fingerprint density at radius 3 is 3.00 bits per heavy atom. The quantitative estimate of drug-likeness (QED) is 0.530. The number of aliphatic hydroxyl groups is 2. The summed E-state index contributed by atoms with van der Waals surface area (Å²) in [7, 11) is 0. The summed E-state index contributed by atoms with van der Waals surface area (Å²) >= 11 is 0. The topological polar surface area (TPSA) is 60.8 Å². The third-order valence-electron chi connectivity index (χ3n) is 2.92. The monoisotopic (exact) mass is 171 g/mol. The summed E-state index contributed by atoms with van der Waals surface area (Å²) in [4.78, 5) is 12.9. The van der Waals surface area contributed by atoms with E-state index in [4.69, 9.17) is 5.11 Å². The van der Waals surface area contributed by atoms with Crippen molar-refractivity contribution in [1.82, 2.24) is 4.90 Å². The van der Waals surface area contributed by atoms with Crippen molar-refractivity contribution >= 4 is 5.91 Å². The third kappa shape index (κ3) is 0.949. The first-order valence-electron chi connectivity index (χ1n) is 4.32. The maximum absolute atomic E-state index is 11.2. The lowest BCUT2D eigenvalue weighted by Gasteiger charge is -2.21. The van der Waals surface area contributed by atoms with E-state index in [2.05, 4.69) is 0 Å². The van der Waals surface area contributed by atoms with Gasteiger partial charge in [-0.3, -0.25) is 4.79 Å². The van der Waals surface area contributed by atoms with Crippen LogP contribution in [-0.4, -0.2) is 46.3 Å². The molecule has 4 nitrogen and oxygen atoms in total. The molecule has 68 valence electrons. The molecule has 0 spiro atoms. The lowest BCUT2D eigenvalue weighted by atomic mass is 9.97. The molecule has 2 aliphatic heterocycles. The Bertz CT molecular complexity index is 206. The van der Waals surface area contributed by atoms with Crippen LogP contribution in [0.5, 0.6) is 0 Å². The van der Waals surface area contributed by atoms with E-state index in [1.165, 1.54) is 0 Å². The number of fused-ring (bicyclic) bond motifs is 1. The first-order chi connectivity index (χ1) is 5.74. The molecule has 2 rings (SSSR count). The van der Waals surface area contributed by atoms with Gasteiger partial charge in [-0.25, -0.2) is 0 Å². The molecule has 3 atom stereocenters. The van der Waals surface area contributed by atoms with Crippen LogP contribution in [0.15, 0.2) is 0 Å². The highest BCUT2D eigenvalue weighted by molar-refractivity contribution is 5.80. The molecular weight excluding hydrogens is 158 g/mol. The second-order valence-corrected chi connectivity index (χ2v) is 3.58. The SMILES string of the molecule is O=C1C[C@@H](O)[C@@H]2[C@H](CO)CCN12. The highest BCUT2D eigenvalue weighted by Crippen LogP contribution is 2.33. The van der Waals surface area contributed by atoms with Gasteiger partial charge in [0, 0.05) is 19.1 Å². The lowest BCUT2D eigenvalue weighted by Crippen LogP contribution is -2.36. The van der Waals surface area contributed by atoms with E-state index in [0.717, 1.165) is 6.42 Å². The van der Waals surface area contributed by atoms with E-state index in [1.54, 1.807) is 4.90 Å². The molecule has 1 amide bonds. The lowest BCUT2D eigenvalue weighted by molar-refractivity contribution is -0.128. The normalized spacial score (nSPS) is 40.7. The minimum absolute atomic E-state index is 0.0310. The van der Waals surface area contributed by atoms with Crippen LogP contribution >= 0.6 is 0 Å². The molecule has 2 heterocycles. The summed E-state index contributed by atoms with van der Waals surface area (Å²) in [6.45, 7) is 0.775. The second-order valence-electron chi connectivity index (χ2n) is 3.58. The molecule has 0 aromatic carbocycles. The van der Waals surface area contributed by atoms with Crippen LogP contribution in [0, 0.1) is 5.92 Å². The predicted molar refractivity (Wildman–Crippen MR) is 41.3 cm³/mol. The molecule has 2 aliphatic rings. The zero-order chi connectivity index (χ0) is 8.72. The molecule has 0 saturated carbocycles. The molecule has 2 fully saturated rings. The number of aliphatic hydroxyl groups excluding tert-OH is 2. The standard InChI is InChI=1S/C8H13NO3/c10-4-5-1-2-9-7(12)3-6(11)8(5)9/h5-6,8,10-11H,1-4H2/t5-,6+,8-/m0/s1. The highest BCUT2D eigenvalue weighted by Gasteiger charge is 2.46. The van der Waals surface area contributed by atoms with Crippen molar-refractivity contribution in [3.8, 4) is 0 Å². The van der Waals surface area contributed by atoms with Crippen molar-refractivity contribution in [3.05, 3.63) is 0 Å². The summed E-state index contributed by atoms with van der Waals surface area (Å²) in [5, 5.41) is 18.5. The Hall–Kier alpha value is -0.610. The average molecular weight is 171 g/mol. The molecule has 0 aliphatic carbocycles. The summed E-state index contributed by atoms with van der Waals surface area (Å²) in [5.74, 6) is 0.120. The minimum Gasteiger partial charge on any atom is -0.396 e. The minimum atomic E-state index is -0.558. The average Bonchev–Trinajstić information content (AvgIpc) is 2.55. The van der Waals surface area contributed by atoms with Crippen molar-refractivity contribution < 1.29 is 15.0 Å². The number of amides is 1. The Morgan fingerprint density at radius 1 is 1.58 bits per heavy atom. The molecule has 0 unspecified atom stereocenters. The van der Waals surface area contributed by atoms with E-state index in [-0.39, 0.29) is 30.9 Å². The van der Waals surface area contributed by atoms with Gasteiger partial charge in [-0.15, -0.1) is 0 Å². The van der Waals surface area contributed by atoms with Crippen molar-refractivity contribution in [2.45, 2.75) is 25.0 Å². The van der Waals surface area contributed by atoms with E-state index < -0.39 is 6.10 Å². The molecule has 0 aromatic heterocycles. The van der Waals surface area contributed by atoms with Gasteiger partial charge in [0.2, 0.25) is 5.91 Å². The van der Waals surface area contributed by atoms with Gasteiger partial charge in [-0.05, 0) is 6.42 Å². The molecule has 4 heteroatoms. The number of hydrogen-bond donors (Lipinski definition) is 2. The Kier molecular flexibility index (Phi) is 1.81. The molecule has 0 aromatic rings. The molecule has 0 bridgehead atoms. The zero-order valence-electron chi connectivity index (χ0n) is 6.81. The summed E-state index contributed by atoms with van der Waals surface area (Å²) in [5.41, 5.74) is 0.